The highest BCUT2D eigenvalue weighted by atomic mass is 16.4. The van der Waals surface area contributed by atoms with Crippen molar-refractivity contribution < 1.29 is 24.6 Å². The van der Waals surface area contributed by atoms with Gasteiger partial charge in [0.25, 0.3) is 0 Å². The van der Waals surface area contributed by atoms with Crippen LogP contribution in [0.5, 0.6) is 0 Å². The van der Waals surface area contributed by atoms with Crippen molar-refractivity contribution >= 4 is 17.7 Å². The van der Waals surface area contributed by atoms with Crippen molar-refractivity contribution in [3.8, 4) is 0 Å². The predicted molar refractivity (Wildman–Crippen MR) is 63.6 cm³/mol. The molecule has 5 heteroatoms. The van der Waals surface area contributed by atoms with E-state index in [0.29, 0.717) is 12.0 Å². The van der Waals surface area contributed by atoms with Crippen LogP contribution >= 0.6 is 0 Å². The highest BCUT2D eigenvalue weighted by Gasteiger charge is 2.11. The van der Waals surface area contributed by atoms with Crippen LogP contribution < -0.4 is 0 Å². The zero-order chi connectivity index (χ0) is 13.5. The number of carboxylic acids is 2. The summed E-state index contributed by atoms with van der Waals surface area (Å²) in [6, 6.07) is 6.48. The smallest absolute Gasteiger partial charge is 0.335 e. The fraction of sp³-hybridized carbons (Fsp3) is 0.308. The third-order valence-electron chi connectivity index (χ3n) is 2.54. The maximum atomic E-state index is 11.4. The Labute approximate surface area is 104 Å². The van der Waals surface area contributed by atoms with Crippen LogP contribution in [0.15, 0.2) is 24.3 Å². The molecular weight excluding hydrogens is 236 g/mol. The second-order valence-corrected chi connectivity index (χ2v) is 3.89. The number of benzene rings is 1. The van der Waals surface area contributed by atoms with Gasteiger partial charge in [-0.3, -0.25) is 9.59 Å². The van der Waals surface area contributed by atoms with E-state index in [1.807, 2.05) is 0 Å². The van der Waals surface area contributed by atoms with E-state index in [4.69, 9.17) is 10.2 Å². The predicted octanol–water partition coefficient (Wildman–Crippen LogP) is 1.75. The van der Waals surface area contributed by atoms with Crippen LogP contribution in [0, 0.1) is 0 Å². The molecule has 0 bridgehead atoms. The van der Waals surface area contributed by atoms with Crippen molar-refractivity contribution in [1.82, 2.24) is 0 Å². The van der Waals surface area contributed by atoms with Crippen LogP contribution in [0.4, 0.5) is 0 Å². The van der Waals surface area contributed by atoms with Crippen molar-refractivity contribution in [2.24, 2.45) is 0 Å². The van der Waals surface area contributed by atoms with Crippen LogP contribution in [0.2, 0.25) is 0 Å². The number of Topliss-reactive ketones (excluding diaryl/α,β-unsaturated/α-hetero) is 1. The molecule has 0 amide bonds. The lowest BCUT2D eigenvalue weighted by molar-refractivity contribution is -0.138. The molecule has 96 valence electrons. The molecule has 0 heterocycles. The second kappa shape index (κ2) is 6.54. The molecule has 0 aliphatic carbocycles. The Morgan fingerprint density at radius 1 is 0.944 bits per heavy atom. The van der Waals surface area contributed by atoms with Crippen molar-refractivity contribution in [3.63, 3.8) is 0 Å². The molecular formula is C13H14O5. The average Bonchev–Trinajstić information content (AvgIpc) is 2.34. The van der Waals surface area contributed by atoms with Crippen molar-refractivity contribution in [1.29, 1.82) is 0 Å². The van der Waals surface area contributed by atoms with Gasteiger partial charge in [-0.15, -0.1) is 0 Å². The molecule has 2 N–H and O–H groups in total. The van der Waals surface area contributed by atoms with Gasteiger partial charge in [-0.1, -0.05) is 18.2 Å². The molecule has 0 fully saturated rings. The summed E-state index contributed by atoms with van der Waals surface area (Å²) < 4.78 is 0. The van der Waals surface area contributed by atoms with Crippen molar-refractivity contribution in [2.75, 3.05) is 0 Å². The molecule has 1 aromatic carbocycles. The number of rotatable bonds is 7. The van der Waals surface area contributed by atoms with E-state index in [9.17, 15) is 14.4 Å². The number of aryl methyl sites for hydroxylation is 1. The molecule has 18 heavy (non-hydrogen) atoms. The van der Waals surface area contributed by atoms with Crippen LogP contribution in [0.3, 0.4) is 0 Å². The Morgan fingerprint density at radius 3 is 2.22 bits per heavy atom. The molecule has 0 saturated heterocycles. The van der Waals surface area contributed by atoms with E-state index >= 15 is 0 Å². The lowest BCUT2D eigenvalue weighted by Crippen LogP contribution is -2.07. The van der Waals surface area contributed by atoms with Crippen LogP contribution in [0.1, 0.15) is 35.2 Å². The van der Waals surface area contributed by atoms with Gasteiger partial charge >= 0.3 is 11.9 Å². The first-order valence-electron chi connectivity index (χ1n) is 5.55. The molecule has 1 rings (SSSR count). The molecule has 0 saturated carbocycles. The van der Waals surface area contributed by atoms with E-state index in [2.05, 4.69) is 0 Å². The van der Waals surface area contributed by atoms with E-state index in [0.717, 1.165) is 0 Å². The Kier molecular flexibility index (Phi) is 5.05. The van der Waals surface area contributed by atoms with Gasteiger partial charge in [-0.05, 0) is 18.1 Å². The van der Waals surface area contributed by atoms with Gasteiger partial charge in [0, 0.05) is 12.8 Å². The Bertz CT molecular complexity index is 464. The first kappa shape index (κ1) is 13.9. The minimum Gasteiger partial charge on any atom is -0.481 e. The Hall–Kier alpha value is -2.17. The molecule has 0 spiro atoms. The molecule has 5 nitrogen and oxygen atoms in total. The normalized spacial score (nSPS) is 10.0. The van der Waals surface area contributed by atoms with Crippen LogP contribution in [-0.4, -0.2) is 27.9 Å². The minimum atomic E-state index is -1.02. The molecule has 1 aromatic rings. The highest BCUT2D eigenvalue weighted by Crippen LogP contribution is 2.12. The molecule has 0 aliphatic heterocycles. The number of hydrogen-bond donors (Lipinski definition) is 2. The Balaban J connectivity index is 2.56. The summed E-state index contributed by atoms with van der Waals surface area (Å²) in [5.74, 6) is -2.20. The highest BCUT2D eigenvalue weighted by molar-refractivity contribution is 5.89. The number of aromatic carboxylic acids is 1. The second-order valence-electron chi connectivity index (χ2n) is 3.89. The zero-order valence-corrected chi connectivity index (χ0v) is 9.76. The topological polar surface area (TPSA) is 91.7 Å². The number of aliphatic carboxylic acids is 1. The lowest BCUT2D eigenvalue weighted by Gasteiger charge is -2.04. The molecule has 0 unspecified atom stereocenters. The maximum Gasteiger partial charge on any atom is 0.335 e. The van der Waals surface area contributed by atoms with Gasteiger partial charge in [-0.2, -0.15) is 0 Å². The number of carbonyl (C=O) groups is 3. The van der Waals surface area contributed by atoms with Crippen molar-refractivity contribution in [2.45, 2.75) is 25.7 Å². The Morgan fingerprint density at radius 2 is 1.61 bits per heavy atom. The average molecular weight is 250 g/mol. The summed E-state index contributed by atoms with van der Waals surface area (Å²) in [7, 11) is 0. The molecule has 0 atom stereocenters. The van der Waals surface area contributed by atoms with E-state index < -0.39 is 11.9 Å². The molecule has 0 radical (unpaired) electrons. The summed E-state index contributed by atoms with van der Waals surface area (Å²) in [6.45, 7) is 0. The fourth-order valence-corrected chi connectivity index (χ4v) is 1.59. The van der Waals surface area contributed by atoms with Gasteiger partial charge in [0.15, 0.2) is 0 Å². The first-order valence-corrected chi connectivity index (χ1v) is 5.55. The lowest BCUT2D eigenvalue weighted by atomic mass is 10.0. The SMILES string of the molecule is O=C(O)CCC(=O)CCc1ccccc1C(=O)O. The van der Waals surface area contributed by atoms with Crippen LogP contribution in [-0.2, 0) is 16.0 Å². The third kappa shape index (κ3) is 4.37. The monoisotopic (exact) mass is 250 g/mol. The zero-order valence-electron chi connectivity index (χ0n) is 9.76. The van der Waals surface area contributed by atoms with E-state index in [-0.39, 0.29) is 30.6 Å². The summed E-state index contributed by atoms with van der Waals surface area (Å²) in [5.41, 5.74) is 0.775. The molecule has 0 aromatic heterocycles. The summed E-state index contributed by atoms with van der Waals surface area (Å²) >= 11 is 0. The number of hydrogen-bond acceptors (Lipinski definition) is 3. The van der Waals surface area contributed by atoms with Gasteiger partial charge in [0.2, 0.25) is 0 Å². The van der Waals surface area contributed by atoms with Gasteiger partial charge in [-0.25, -0.2) is 4.79 Å². The van der Waals surface area contributed by atoms with Gasteiger partial charge in [0.05, 0.1) is 12.0 Å². The summed E-state index contributed by atoms with van der Waals surface area (Å²) in [6.07, 6.45) is 0.294. The number of carbonyl (C=O) groups excluding carboxylic acids is 1. The summed E-state index contributed by atoms with van der Waals surface area (Å²) in [4.78, 5) is 32.6. The minimum absolute atomic E-state index is 0.00935. The van der Waals surface area contributed by atoms with Gasteiger partial charge < -0.3 is 10.2 Å². The quantitative estimate of drug-likeness (QED) is 0.769. The fourth-order valence-electron chi connectivity index (χ4n) is 1.59. The van der Waals surface area contributed by atoms with Crippen molar-refractivity contribution in [3.05, 3.63) is 35.4 Å². The van der Waals surface area contributed by atoms with E-state index in [1.165, 1.54) is 6.07 Å². The summed E-state index contributed by atoms with van der Waals surface area (Å²) in [5, 5.41) is 17.4. The van der Waals surface area contributed by atoms with Gasteiger partial charge in [0.1, 0.15) is 5.78 Å². The number of carboxylic acid groups (broad SMARTS) is 2. The molecule has 0 aliphatic rings. The third-order valence-corrected chi connectivity index (χ3v) is 2.54. The number of ketones is 1. The van der Waals surface area contributed by atoms with Crippen LogP contribution in [0.25, 0.3) is 0 Å². The largest absolute Gasteiger partial charge is 0.481 e. The maximum absolute atomic E-state index is 11.4. The van der Waals surface area contributed by atoms with E-state index in [1.54, 1.807) is 18.2 Å². The first-order chi connectivity index (χ1) is 8.50. The standard InChI is InChI=1S/C13H14O5/c14-10(7-8-12(15)16)6-5-9-3-1-2-4-11(9)13(17)18/h1-4H,5-8H2,(H,15,16)(H,17,18).